The van der Waals surface area contributed by atoms with Crippen molar-refractivity contribution in [1.82, 2.24) is 29.5 Å². The Morgan fingerprint density at radius 3 is 2.81 bits per heavy atom. The van der Waals surface area contributed by atoms with Gasteiger partial charge >= 0.3 is 0 Å². The van der Waals surface area contributed by atoms with E-state index in [2.05, 4.69) is 27.3 Å². The Labute approximate surface area is 180 Å². The summed E-state index contributed by atoms with van der Waals surface area (Å²) >= 11 is 0. The number of aromatic amines is 1. The van der Waals surface area contributed by atoms with E-state index in [0.29, 0.717) is 24.0 Å². The van der Waals surface area contributed by atoms with Crippen molar-refractivity contribution in [1.29, 1.82) is 0 Å². The van der Waals surface area contributed by atoms with Gasteiger partial charge in [0.25, 0.3) is 0 Å². The molecule has 0 spiro atoms. The number of ether oxygens (including phenoxy) is 1. The summed E-state index contributed by atoms with van der Waals surface area (Å²) in [5.74, 6) is 1.29. The highest BCUT2D eigenvalue weighted by atomic mass is 16.5. The summed E-state index contributed by atoms with van der Waals surface area (Å²) in [5, 5.41) is 8.94. The van der Waals surface area contributed by atoms with Gasteiger partial charge in [0, 0.05) is 47.8 Å². The van der Waals surface area contributed by atoms with Crippen LogP contribution >= 0.6 is 0 Å². The zero-order valence-corrected chi connectivity index (χ0v) is 17.7. The maximum absolute atomic E-state index is 5.75. The van der Waals surface area contributed by atoms with E-state index in [4.69, 9.17) is 14.7 Å². The Bertz CT molecular complexity index is 1220. The van der Waals surface area contributed by atoms with Crippen LogP contribution < -0.4 is 5.32 Å². The van der Waals surface area contributed by atoms with Gasteiger partial charge in [-0.2, -0.15) is 10.1 Å². The standard InChI is InChI=1S/C23H27N7O/c1-2-31-16-7-5-15(6-8-16)27-23-25-12-19-18(11-24-21(19)29-23)20-9-10-30-22(28-20)17(13-26-30)14-3-4-14/h9-16H,2-8H2,1H3,(H2,24,25,27,29). The minimum Gasteiger partial charge on any atom is -0.379 e. The average molecular weight is 418 g/mol. The van der Waals surface area contributed by atoms with Crippen molar-refractivity contribution >= 4 is 22.6 Å². The number of fused-ring (bicyclic) bond motifs is 2. The predicted molar refractivity (Wildman–Crippen MR) is 119 cm³/mol. The number of hydrogen-bond donors (Lipinski definition) is 2. The monoisotopic (exact) mass is 417 g/mol. The summed E-state index contributed by atoms with van der Waals surface area (Å²) in [5.41, 5.74) is 4.97. The molecule has 2 saturated carbocycles. The fourth-order valence-corrected chi connectivity index (χ4v) is 4.70. The van der Waals surface area contributed by atoms with Crippen LogP contribution in [0.5, 0.6) is 0 Å². The Hall–Kier alpha value is -3.00. The van der Waals surface area contributed by atoms with E-state index in [-0.39, 0.29) is 0 Å². The molecular weight excluding hydrogens is 390 g/mol. The van der Waals surface area contributed by atoms with E-state index < -0.39 is 0 Å². The molecule has 0 atom stereocenters. The van der Waals surface area contributed by atoms with E-state index in [1.807, 2.05) is 35.4 Å². The maximum Gasteiger partial charge on any atom is 0.224 e. The van der Waals surface area contributed by atoms with Gasteiger partial charge in [0.15, 0.2) is 5.65 Å². The summed E-state index contributed by atoms with van der Waals surface area (Å²) < 4.78 is 7.62. The minimum atomic E-state index is 0.398. The highest BCUT2D eigenvalue weighted by Gasteiger charge is 2.28. The van der Waals surface area contributed by atoms with Crippen LogP contribution in [0.1, 0.15) is 56.9 Å². The smallest absolute Gasteiger partial charge is 0.224 e. The van der Waals surface area contributed by atoms with E-state index in [1.165, 1.54) is 18.4 Å². The Morgan fingerprint density at radius 2 is 2.00 bits per heavy atom. The van der Waals surface area contributed by atoms with Gasteiger partial charge in [-0.05, 0) is 57.4 Å². The van der Waals surface area contributed by atoms with Crippen molar-refractivity contribution < 1.29 is 4.74 Å². The first kappa shape index (κ1) is 18.7. The molecule has 31 heavy (non-hydrogen) atoms. The molecule has 8 heteroatoms. The molecule has 0 radical (unpaired) electrons. The summed E-state index contributed by atoms with van der Waals surface area (Å²) in [6, 6.07) is 2.40. The second kappa shape index (κ2) is 7.60. The van der Waals surface area contributed by atoms with Crippen LogP contribution in [0.25, 0.3) is 27.9 Å². The maximum atomic E-state index is 5.75. The van der Waals surface area contributed by atoms with E-state index in [1.54, 1.807) is 0 Å². The number of nitrogens with one attached hydrogen (secondary N) is 2. The van der Waals surface area contributed by atoms with Crippen LogP contribution in [0.3, 0.4) is 0 Å². The van der Waals surface area contributed by atoms with E-state index in [9.17, 15) is 0 Å². The second-order valence-electron chi connectivity index (χ2n) is 8.69. The van der Waals surface area contributed by atoms with Gasteiger partial charge in [0.2, 0.25) is 5.95 Å². The van der Waals surface area contributed by atoms with Crippen molar-refractivity contribution in [2.24, 2.45) is 0 Å². The van der Waals surface area contributed by atoms with Crippen molar-refractivity contribution in [2.75, 3.05) is 11.9 Å². The van der Waals surface area contributed by atoms with Crippen LogP contribution in [-0.2, 0) is 4.74 Å². The largest absolute Gasteiger partial charge is 0.379 e. The first-order valence-electron chi connectivity index (χ1n) is 11.4. The molecule has 2 aliphatic carbocycles. The molecule has 2 N–H and O–H groups in total. The Balaban J connectivity index is 1.24. The topological polar surface area (TPSA) is 93.0 Å². The first-order valence-corrected chi connectivity index (χ1v) is 11.4. The van der Waals surface area contributed by atoms with Gasteiger partial charge in [0.1, 0.15) is 5.65 Å². The number of anilines is 1. The van der Waals surface area contributed by atoms with Gasteiger partial charge in [-0.25, -0.2) is 14.5 Å². The van der Waals surface area contributed by atoms with Gasteiger partial charge in [-0.3, -0.25) is 0 Å². The Kier molecular flexibility index (Phi) is 4.60. The van der Waals surface area contributed by atoms with Crippen molar-refractivity contribution in [3.63, 3.8) is 0 Å². The lowest BCUT2D eigenvalue weighted by Gasteiger charge is -2.28. The first-order chi connectivity index (χ1) is 15.3. The Morgan fingerprint density at radius 1 is 1.13 bits per heavy atom. The highest BCUT2D eigenvalue weighted by Crippen LogP contribution is 2.41. The minimum absolute atomic E-state index is 0.398. The zero-order chi connectivity index (χ0) is 20.8. The molecule has 2 aliphatic rings. The lowest BCUT2D eigenvalue weighted by atomic mass is 9.93. The molecule has 0 aliphatic heterocycles. The molecule has 4 heterocycles. The number of nitrogens with zero attached hydrogens (tertiary/aromatic N) is 5. The van der Waals surface area contributed by atoms with Crippen LogP contribution in [0.4, 0.5) is 5.95 Å². The van der Waals surface area contributed by atoms with E-state index in [0.717, 1.165) is 60.2 Å². The van der Waals surface area contributed by atoms with Crippen molar-refractivity contribution in [3.8, 4) is 11.3 Å². The van der Waals surface area contributed by atoms with E-state index >= 15 is 0 Å². The molecule has 0 saturated heterocycles. The van der Waals surface area contributed by atoms with Gasteiger partial charge in [0.05, 0.1) is 18.0 Å². The molecule has 160 valence electrons. The molecule has 4 aromatic heterocycles. The summed E-state index contributed by atoms with van der Waals surface area (Å²) in [6.45, 7) is 2.86. The van der Waals surface area contributed by atoms with Crippen molar-refractivity contribution in [3.05, 3.63) is 36.4 Å². The molecular formula is C23H27N7O. The molecule has 8 nitrogen and oxygen atoms in total. The van der Waals surface area contributed by atoms with Crippen molar-refractivity contribution in [2.45, 2.75) is 63.5 Å². The molecule has 0 bridgehead atoms. The lowest BCUT2D eigenvalue weighted by Crippen LogP contribution is -2.30. The SMILES string of the molecule is CCOC1CCC(Nc2ncc3c(-c4ccn5ncc(C6CC6)c5n4)c[nH]c3n2)CC1. The molecule has 6 rings (SSSR count). The fraction of sp³-hybridized carbons (Fsp3) is 0.478. The molecule has 2 fully saturated rings. The summed E-state index contributed by atoms with van der Waals surface area (Å²) in [7, 11) is 0. The lowest BCUT2D eigenvalue weighted by molar-refractivity contribution is 0.0346. The van der Waals surface area contributed by atoms with Crippen LogP contribution in [0.2, 0.25) is 0 Å². The third-order valence-electron chi connectivity index (χ3n) is 6.53. The van der Waals surface area contributed by atoms with Gasteiger partial charge < -0.3 is 15.0 Å². The third-order valence-corrected chi connectivity index (χ3v) is 6.53. The second-order valence-corrected chi connectivity index (χ2v) is 8.69. The zero-order valence-electron chi connectivity index (χ0n) is 17.7. The van der Waals surface area contributed by atoms with Gasteiger partial charge in [-0.15, -0.1) is 0 Å². The van der Waals surface area contributed by atoms with Gasteiger partial charge in [-0.1, -0.05) is 0 Å². The molecule has 4 aromatic rings. The number of hydrogen-bond acceptors (Lipinski definition) is 6. The number of aromatic nitrogens is 6. The van der Waals surface area contributed by atoms with Crippen LogP contribution in [0.15, 0.2) is 30.9 Å². The number of H-pyrrole nitrogens is 1. The quantitative estimate of drug-likeness (QED) is 0.486. The molecule has 0 unspecified atom stereocenters. The number of rotatable bonds is 6. The summed E-state index contributed by atoms with van der Waals surface area (Å²) in [6.07, 6.45) is 15.0. The molecule has 0 aromatic carbocycles. The normalized spacial score (nSPS) is 21.7. The molecule has 0 amide bonds. The average Bonchev–Trinajstić information content (AvgIpc) is 3.41. The van der Waals surface area contributed by atoms with Crippen LogP contribution in [-0.4, -0.2) is 48.3 Å². The summed E-state index contributed by atoms with van der Waals surface area (Å²) in [4.78, 5) is 17.6. The fourth-order valence-electron chi connectivity index (χ4n) is 4.70. The predicted octanol–water partition coefficient (Wildman–Crippen LogP) is 4.30. The highest BCUT2D eigenvalue weighted by molar-refractivity contribution is 5.92. The van der Waals surface area contributed by atoms with Crippen LogP contribution in [0, 0.1) is 0 Å². The third kappa shape index (κ3) is 3.54.